The van der Waals surface area contributed by atoms with Crippen molar-refractivity contribution in [3.63, 3.8) is 0 Å². The van der Waals surface area contributed by atoms with E-state index in [4.69, 9.17) is 37.9 Å². The van der Waals surface area contributed by atoms with Crippen molar-refractivity contribution in [2.75, 3.05) is 36.5 Å². The van der Waals surface area contributed by atoms with Gasteiger partial charge in [0.15, 0.2) is 0 Å². The van der Waals surface area contributed by atoms with Gasteiger partial charge in [-0.15, -0.1) is 0 Å². The average Bonchev–Trinajstić information content (AvgIpc) is 3.59. The van der Waals surface area contributed by atoms with Crippen molar-refractivity contribution >= 4 is 46.5 Å². The summed E-state index contributed by atoms with van der Waals surface area (Å²) in [6, 6.07) is 14.0. The lowest BCUT2D eigenvalue weighted by Gasteiger charge is -2.46. The first-order valence-electron chi connectivity index (χ1n) is 15.2. The molecule has 0 bridgehead atoms. The van der Waals surface area contributed by atoms with Crippen LogP contribution < -0.4 is 25.6 Å². The fraction of sp³-hybridized carbons (Fsp3) is 0.364. The Hall–Kier alpha value is -4.19. The molecule has 13 heteroatoms. The van der Waals surface area contributed by atoms with Crippen LogP contribution in [-0.4, -0.2) is 63.1 Å². The number of hydrogen-bond donors (Lipinski definition) is 3. The molecule has 2 atom stereocenters. The minimum Gasteiger partial charge on any atom is -0.494 e. The molecule has 2 unspecified atom stereocenters. The van der Waals surface area contributed by atoms with Crippen LogP contribution >= 0.6 is 23.2 Å². The van der Waals surface area contributed by atoms with Crippen LogP contribution in [0.25, 0.3) is 5.95 Å². The first kappa shape index (κ1) is 33.2. The van der Waals surface area contributed by atoms with Gasteiger partial charge in [0.2, 0.25) is 11.9 Å². The van der Waals surface area contributed by atoms with E-state index >= 15 is 0 Å². The minimum absolute atomic E-state index is 0.0737. The number of halogens is 2. The summed E-state index contributed by atoms with van der Waals surface area (Å²) in [5, 5.41) is 10.1. The van der Waals surface area contributed by atoms with Crippen LogP contribution in [0.1, 0.15) is 57.3 Å². The van der Waals surface area contributed by atoms with E-state index in [0.717, 1.165) is 17.0 Å². The average molecular weight is 666 g/mol. The number of hydrogen-bond acceptors (Lipinski definition) is 8. The maximum Gasteiger partial charge on any atom is 0.252 e. The molecule has 1 aliphatic heterocycles. The number of imidazole rings is 1. The standard InChI is InChI=1S/C33H38Cl2N8O3/c1-5-46-25-9-6-23(7-10-25)22(4)38-30(44)18-33(31(45)39-24-8-11-26(34)27(35)16-24)19-36-13-15-43(33)29-17-28(21(2)3)40-32(41-29)42-14-12-37-20-42/h6-12,14,16-17,20-22,36H,5,13,15,18-19H2,1-4H3,(H,38,44)(H,39,45). The van der Waals surface area contributed by atoms with Gasteiger partial charge in [-0.25, -0.2) is 9.97 Å². The first-order chi connectivity index (χ1) is 22.1. The molecule has 2 aromatic heterocycles. The lowest BCUT2D eigenvalue weighted by Crippen LogP contribution is -2.68. The molecular formula is C33H38Cl2N8O3. The van der Waals surface area contributed by atoms with Gasteiger partial charge in [-0.1, -0.05) is 49.2 Å². The summed E-state index contributed by atoms with van der Waals surface area (Å²) < 4.78 is 7.28. The highest BCUT2D eigenvalue weighted by atomic mass is 35.5. The quantitative estimate of drug-likeness (QED) is 0.191. The Morgan fingerprint density at radius 2 is 1.85 bits per heavy atom. The van der Waals surface area contributed by atoms with E-state index in [0.29, 0.717) is 47.2 Å². The summed E-state index contributed by atoms with van der Waals surface area (Å²) in [6.45, 7) is 9.66. The molecule has 0 radical (unpaired) electrons. The highest BCUT2D eigenvalue weighted by molar-refractivity contribution is 6.42. The third kappa shape index (κ3) is 7.43. The number of ether oxygens (including phenoxy) is 1. The van der Waals surface area contributed by atoms with E-state index < -0.39 is 11.4 Å². The van der Waals surface area contributed by atoms with Crippen LogP contribution in [0.2, 0.25) is 10.0 Å². The molecule has 2 amide bonds. The van der Waals surface area contributed by atoms with Gasteiger partial charge in [-0.05, 0) is 55.7 Å². The molecule has 46 heavy (non-hydrogen) atoms. The zero-order chi connectivity index (χ0) is 32.8. The molecule has 3 heterocycles. The van der Waals surface area contributed by atoms with Crippen molar-refractivity contribution in [2.24, 2.45) is 0 Å². The van der Waals surface area contributed by atoms with Crippen molar-refractivity contribution < 1.29 is 14.3 Å². The second kappa shape index (κ2) is 14.5. The Balaban J connectivity index is 1.52. The number of rotatable bonds is 11. The number of nitrogens with zero attached hydrogens (tertiary/aromatic N) is 5. The van der Waals surface area contributed by atoms with Gasteiger partial charge < -0.3 is 25.6 Å². The van der Waals surface area contributed by atoms with E-state index in [2.05, 4.69) is 20.9 Å². The second-order valence-corrected chi connectivity index (χ2v) is 12.3. The molecule has 3 N–H and O–H groups in total. The lowest BCUT2D eigenvalue weighted by molar-refractivity contribution is -0.129. The summed E-state index contributed by atoms with van der Waals surface area (Å²) in [4.78, 5) is 44.0. The number of piperazine rings is 1. The predicted molar refractivity (Wildman–Crippen MR) is 180 cm³/mol. The van der Waals surface area contributed by atoms with Gasteiger partial charge in [0.25, 0.3) is 5.91 Å². The van der Waals surface area contributed by atoms with Crippen LogP contribution in [0.15, 0.2) is 67.3 Å². The summed E-state index contributed by atoms with van der Waals surface area (Å²) in [5.41, 5.74) is 0.783. The Morgan fingerprint density at radius 1 is 1.07 bits per heavy atom. The fourth-order valence-corrected chi connectivity index (χ4v) is 5.72. The van der Waals surface area contributed by atoms with Gasteiger partial charge in [0.05, 0.1) is 34.8 Å². The Bertz CT molecular complexity index is 1670. The van der Waals surface area contributed by atoms with E-state index in [1.165, 1.54) is 0 Å². The SMILES string of the molecule is CCOc1ccc(C(C)NC(=O)CC2(C(=O)Nc3ccc(Cl)c(Cl)c3)CNCCN2c2cc(C(C)C)nc(-n3ccnc3)n2)cc1. The van der Waals surface area contributed by atoms with Crippen LogP contribution in [0.3, 0.4) is 0 Å². The Labute approximate surface area is 278 Å². The van der Waals surface area contributed by atoms with Gasteiger partial charge in [0, 0.05) is 43.8 Å². The van der Waals surface area contributed by atoms with Crippen molar-refractivity contribution in [3.05, 3.63) is 88.6 Å². The number of amides is 2. The molecule has 0 saturated carbocycles. The maximum absolute atomic E-state index is 14.5. The molecule has 1 fully saturated rings. The molecular weight excluding hydrogens is 627 g/mol. The summed E-state index contributed by atoms with van der Waals surface area (Å²) in [6.07, 6.45) is 4.89. The van der Waals surface area contributed by atoms with Crippen LogP contribution in [0.5, 0.6) is 5.75 Å². The van der Waals surface area contributed by atoms with Crippen LogP contribution in [-0.2, 0) is 9.59 Å². The van der Waals surface area contributed by atoms with Gasteiger partial charge in [-0.2, -0.15) is 4.98 Å². The van der Waals surface area contributed by atoms with Crippen molar-refractivity contribution in [3.8, 4) is 11.7 Å². The molecule has 0 aliphatic carbocycles. The van der Waals surface area contributed by atoms with E-state index in [1.54, 1.807) is 41.5 Å². The number of aromatic nitrogens is 4. The van der Waals surface area contributed by atoms with E-state index in [9.17, 15) is 9.59 Å². The minimum atomic E-state index is -1.37. The molecule has 0 spiro atoms. The Kier molecular flexibility index (Phi) is 10.5. The van der Waals surface area contributed by atoms with E-state index in [-0.39, 0.29) is 30.8 Å². The van der Waals surface area contributed by atoms with Crippen LogP contribution in [0, 0.1) is 0 Å². The molecule has 4 aromatic rings. The topological polar surface area (TPSA) is 126 Å². The normalized spacial score (nSPS) is 17.1. The first-order valence-corrected chi connectivity index (χ1v) is 16.0. The largest absolute Gasteiger partial charge is 0.494 e. The highest BCUT2D eigenvalue weighted by Crippen LogP contribution is 2.33. The summed E-state index contributed by atoms with van der Waals surface area (Å²) in [5.74, 6) is 1.09. The van der Waals surface area contributed by atoms with E-state index in [1.807, 2.05) is 62.9 Å². The number of carbonyl (C=O) groups is 2. The second-order valence-electron chi connectivity index (χ2n) is 11.5. The lowest BCUT2D eigenvalue weighted by atomic mass is 9.88. The number of carbonyl (C=O) groups excluding carboxylic acids is 2. The third-order valence-electron chi connectivity index (χ3n) is 7.89. The van der Waals surface area contributed by atoms with Gasteiger partial charge >= 0.3 is 0 Å². The maximum atomic E-state index is 14.5. The molecule has 242 valence electrons. The molecule has 1 saturated heterocycles. The third-order valence-corrected chi connectivity index (χ3v) is 8.63. The number of anilines is 2. The molecule has 5 rings (SSSR count). The zero-order valence-corrected chi connectivity index (χ0v) is 27.8. The van der Waals surface area contributed by atoms with Crippen molar-refractivity contribution in [2.45, 2.75) is 51.6 Å². The Morgan fingerprint density at radius 3 is 2.52 bits per heavy atom. The fourth-order valence-electron chi connectivity index (χ4n) is 5.42. The summed E-state index contributed by atoms with van der Waals surface area (Å²) in [7, 11) is 0. The highest BCUT2D eigenvalue weighted by Gasteiger charge is 2.48. The smallest absolute Gasteiger partial charge is 0.252 e. The van der Waals surface area contributed by atoms with Gasteiger partial charge in [0.1, 0.15) is 23.4 Å². The monoisotopic (exact) mass is 664 g/mol. The molecule has 2 aromatic carbocycles. The predicted octanol–water partition coefficient (Wildman–Crippen LogP) is 5.55. The molecule has 11 nitrogen and oxygen atoms in total. The van der Waals surface area contributed by atoms with Crippen molar-refractivity contribution in [1.29, 1.82) is 0 Å². The number of nitrogens with one attached hydrogen (secondary N) is 3. The van der Waals surface area contributed by atoms with Crippen molar-refractivity contribution in [1.82, 2.24) is 30.2 Å². The summed E-state index contributed by atoms with van der Waals surface area (Å²) >= 11 is 12.4. The van der Waals surface area contributed by atoms with Crippen LogP contribution in [0.4, 0.5) is 11.5 Å². The zero-order valence-electron chi connectivity index (χ0n) is 26.3. The number of benzene rings is 2. The molecule has 1 aliphatic rings. The van der Waals surface area contributed by atoms with Gasteiger partial charge in [-0.3, -0.25) is 14.2 Å².